The minimum atomic E-state index is -0.758. The maximum atomic E-state index is 12.6. The molecule has 0 saturated heterocycles. The Kier molecular flexibility index (Phi) is 42.3. The van der Waals surface area contributed by atoms with Gasteiger partial charge in [0.1, 0.15) is 13.2 Å². The summed E-state index contributed by atoms with van der Waals surface area (Å²) in [6, 6.07) is 0. The zero-order valence-corrected chi connectivity index (χ0v) is 37.4. The average molecular weight is 779 g/mol. The van der Waals surface area contributed by atoms with Crippen molar-refractivity contribution in [3.05, 3.63) is 0 Å². The lowest BCUT2D eigenvalue weighted by atomic mass is 10.0. The highest BCUT2D eigenvalue weighted by molar-refractivity contribution is 5.71. The first kappa shape index (κ1) is 53.4. The first-order valence-corrected chi connectivity index (χ1v) is 24.4. The van der Waals surface area contributed by atoms with Gasteiger partial charge in [-0.15, -0.1) is 0 Å². The van der Waals surface area contributed by atoms with Crippen LogP contribution in [0.2, 0.25) is 0 Å². The zero-order chi connectivity index (χ0) is 40.3. The summed E-state index contributed by atoms with van der Waals surface area (Å²) < 4.78 is 16.7. The minimum Gasteiger partial charge on any atom is -0.462 e. The van der Waals surface area contributed by atoms with Gasteiger partial charge < -0.3 is 14.2 Å². The second-order valence-electron chi connectivity index (χ2n) is 17.2. The molecule has 0 unspecified atom stereocenters. The molecule has 0 amide bonds. The second kappa shape index (κ2) is 43.5. The predicted molar refractivity (Wildman–Crippen MR) is 233 cm³/mol. The molecular formula is C49H94O6. The Bertz CT molecular complexity index is 826. The van der Waals surface area contributed by atoms with Gasteiger partial charge in [-0.05, 0) is 25.2 Å². The van der Waals surface area contributed by atoms with E-state index in [-0.39, 0.29) is 31.1 Å². The first-order valence-electron chi connectivity index (χ1n) is 24.4. The fourth-order valence-electron chi connectivity index (χ4n) is 7.33. The van der Waals surface area contributed by atoms with Crippen LogP contribution in [0.5, 0.6) is 0 Å². The SMILES string of the molecule is CCCCCCCCCCCCCCCCCCCC(=O)OC[C@@H](COC(=O)CCCCCCCCCCCCC(C)C)OC(=O)CCCCCCCCC. The van der Waals surface area contributed by atoms with Crippen LogP contribution in [0, 0.1) is 5.92 Å². The molecule has 0 aromatic carbocycles. The molecule has 0 fully saturated rings. The van der Waals surface area contributed by atoms with Crippen molar-refractivity contribution in [3.8, 4) is 0 Å². The molecule has 0 N–H and O–H groups in total. The van der Waals surface area contributed by atoms with Crippen LogP contribution in [0.3, 0.4) is 0 Å². The molecule has 6 heteroatoms. The molecule has 0 aliphatic carbocycles. The molecule has 0 aliphatic heterocycles. The molecule has 0 aromatic rings. The smallest absolute Gasteiger partial charge is 0.306 e. The Labute approximate surface area is 342 Å². The molecule has 1 atom stereocenters. The molecule has 326 valence electrons. The van der Waals surface area contributed by atoms with E-state index in [0.29, 0.717) is 19.3 Å². The van der Waals surface area contributed by atoms with Crippen LogP contribution >= 0.6 is 0 Å². The van der Waals surface area contributed by atoms with Crippen LogP contribution in [-0.2, 0) is 28.6 Å². The van der Waals surface area contributed by atoms with Crippen molar-refractivity contribution in [1.29, 1.82) is 0 Å². The molecule has 6 nitrogen and oxygen atoms in total. The van der Waals surface area contributed by atoms with Crippen molar-refractivity contribution >= 4 is 17.9 Å². The Balaban J connectivity index is 4.18. The Hall–Kier alpha value is -1.59. The molecule has 0 bridgehead atoms. The normalized spacial score (nSPS) is 11.9. The van der Waals surface area contributed by atoms with Crippen LogP contribution in [-0.4, -0.2) is 37.2 Å². The lowest BCUT2D eigenvalue weighted by Gasteiger charge is -2.18. The van der Waals surface area contributed by atoms with Gasteiger partial charge in [-0.3, -0.25) is 14.4 Å². The summed E-state index contributed by atoms with van der Waals surface area (Å²) in [4.78, 5) is 37.7. The standard InChI is InChI=1S/C49H94O6/c1-5-7-9-11-13-14-15-16-17-18-19-20-21-25-29-32-36-40-47(50)53-43-46(55-49(52)42-38-34-27-12-10-8-6-2)44-54-48(51)41-37-33-30-26-23-22-24-28-31-35-39-45(3)4/h45-46H,5-44H2,1-4H3/t46-/m0/s1. The number of hydrogen-bond acceptors (Lipinski definition) is 6. The van der Waals surface area contributed by atoms with Gasteiger partial charge >= 0.3 is 17.9 Å². The van der Waals surface area contributed by atoms with E-state index in [1.807, 2.05) is 0 Å². The molecule has 0 spiro atoms. The van der Waals surface area contributed by atoms with Crippen molar-refractivity contribution in [3.63, 3.8) is 0 Å². The summed E-state index contributed by atoms with van der Waals surface area (Å²) in [6.45, 7) is 8.96. The number of rotatable bonds is 44. The Morgan fingerprint density at radius 1 is 0.345 bits per heavy atom. The summed E-state index contributed by atoms with van der Waals surface area (Å²) in [5, 5.41) is 0. The summed E-state index contributed by atoms with van der Waals surface area (Å²) in [6.07, 6.45) is 43.9. The molecule has 0 aromatic heterocycles. The summed E-state index contributed by atoms with van der Waals surface area (Å²) >= 11 is 0. The van der Waals surface area contributed by atoms with Gasteiger partial charge in [0, 0.05) is 19.3 Å². The number of hydrogen-bond donors (Lipinski definition) is 0. The van der Waals surface area contributed by atoms with E-state index in [4.69, 9.17) is 14.2 Å². The van der Waals surface area contributed by atoms with E-state index >= 15 is 0 Å². The van der Waals surface area contributed by atoms with Crippen molar-refractivity contribution in [1.82, 2.24) is 0 Å². The topological polar surface area (TPSA) is 78.9 Å². The lowest BCUT2D eigenvalue weighted by Crippen LogP contribution is -2.30. The summed E-state index contributed by atoms with van der Waals surface area (Å²) in [7, 11) is 0. The van der Waals surface area contributed by atoms with Gasteiger partial charge in [0.2, 0.25) is 0 Å². The predicted octanol–water partition coefficient (Wildman–Crippen LogP) is 15.5. The number of esters is 3. The third-order valence-electron chi connectivity index (χ3n) is 11.0. The highest BCUT2D eigenvalue weighted by Gasteiger charge is 2.19. The second-order valence-corrected chi connectivity index (χ2v) is 17.2. The molecule has 55 heavy (non-hydrogen) atoms. The van der Waals surface area contributed by atoms with Crippen molar-refractivity contribution < 1.29 is 28.6 Å². The number of ether oxygens (including phenoxy) is 3. The van der Waals surface area contributed by atoms with E-state index in [0.717, 1.165) is 63.7 Å². The van der Waals surface area contributed by atoms with Crippen molar-refractivity contribution in [2.45, 2.75) is 278 Å². The monoisotopic (exact) mass is 779 g/mol. The fourth-order valence-corrected chi connectivity index (χ4v) is 7.33. The first-order chi connectivity index (χ1) is 26.9. The van der Waals surface area contributed by atoms with Gasteiger partial charge in [0.15, 0.2) is 6.10 Å². The molecule has 0 radical (unpaired) electrons. The molecule has 0 heterocycles. The van der Waals surface area contributed by atoms with Crippen molar-refractivity contribution in [2.24, 2.45) is 5.92 Å². The number of unbranched alkanes of at least 4 members (excludes halogenated alkanes) is 31. The molecule has 0 saturated carbocycles. The van der Waals surface area contributed by atoms with E-state index in [2.05, 4.69) is 27.7 Å². The van der Waals surface area contributed by atoms with Crippen LogP contribution in [0.15, 0.2) is 0 Å². The molecule has 0 rings (SSSR count). The van der Waals surface area contributed by atoms with E-state index in [9.17, 15) is 14.4 Å². The third-order valence-corrected chi connectivity index (χ3v) is 11.0. The van der Waals surface area contributed by atoms with Crippen LogP contribution in [0.4, 0.5) is 0 Å². The van der Waals surface area contributed by atoms with E-state index < -0.39 is 6.10 Å². The summed E-state index contributed by atoms with van der Waals surface area (Å²) in [5.74, 6) is -0.0381. The Morgan fingerprint density at radius 3 is 0.891 bits per heavy atom. The van der Waals surface area contributed by atoms with E-state index in [1.54, 1.807) is 0 Å². The number of carbonyl (C=O) groups excluding carboxylic acids is 3. The lowest BCUT2D eigenvalue weighted by molar-refractivity contribution is -0.167. The maximum absolute atomic E-state index is 12.6. The van der Waals surface area contributed by atoms with Crippen molar-refractivity contribution in [2.75, 3.05) is 13.2 Å². The third kappa shape index (κ3) is 43.4. The number of carbonyl (C=O) groups is 3. The highest BCUT2D eigenvalue weighted by Crippen LogP contribution is 2.17. The largest absolute Gasteiger partial charge is 0.462 e. The highest BCUT2D eigenvalue weighted by atomic mass is 16.6. The molecular weight excluding hydrogens is 685 g/mol. The minimum absolute atomic E-state index is 0.0639. The quantitative estimate of drug-likeness (QED) is 0.0348. The summed E-state index contributed by atoms with van der Waals surface area (Å²) in [5.41, 5.74) is 0. The van der Waals surface area contributed by atoms with Crippen LogP contribution in [0.25, 0.3) is 0 Å². The van der Waals surface area contributed by atoms with Gasteiger partial charge in [-0.2, -0.15) is 0 Å². The van der Waals surface area contributed by atoms with Gasteiger partial charge in [0.05, 0.1) is 0 Å². The maximum Gasteiger partial charge on any atom is 0.306 e. The van der Waals surface area contributed by atoms with Gasteiger partial charge in [0.25, 0.3) is 0 Å². The average Bonchev–Trinajstić information content (AvgIpc) is 3.17. The van der Waals surface area contributed by atoms with E-state index in [1.165, 1.54) is 167 Å². The van der Waals surface area contributed by atoms with Crippen LogP contribution in [0.1, 0.15) is 272 Å². The Morgan fingerprint density at radius 2 is 0.600 bits per heavy atom. The zero-order valence-electron chi connectivity index (χ0n) is 37.4. The van der Waals surface area contributed by atoms with Crippen LogP contribution < -0.4 is 0 Å². The molecule has 0 aliphatic rings. The van der Waals surface area contributed by atoms with Gasteiger partial charge in [-0.25, -0.2) is 0 Å². The fraction of sp³-hybridized carbons (Fsp3) is 0.939. The van der Waals surface area contributed by atoms with Gasteiger partial charge in [-0.1, -0.05) is 233 Å².